The highest BCUT2D eigenvalue weighted by molar-refractivity contribution is 6.32. The summed E-state index contributed by atoms with van der Waals surface area (Å²) in [6, 6.07) is 12.5. The van der Waals surface area contributed by atoms with Crippen molar-refractivity contribution in [1.82, 2.24) is 5.32 Å². The number of hydrogen-bond donors (Lipinski definition) is 1. The molecule has 2 nitrogen and oxygen atoms in total. The van der Waals surface area contributed by atoms with Crippen LogP contribution in [0.2, 0.25) is 5.02 Å². The van der Waals surface area contributed by atoms with Crippen LogP contribution in [-0.2, 0) is 6.42 Å². The van der Waals surface area contributed by atoms with Gasteiger partial charge in [0.05, 0.1) is 12.1 Å². The Balaban J connectivity index is 2.28. The molecule has 0 fully saturated rings. The standard InChI is InChI=1S/C17H19ClFNO/c1-3-20-16(10-12-6-4-5-7-15(12)19)13-8-9-14(18)17(11-13)21-2/h4-9,11,16,20H,3,10H2,1-2H3. The van der Waals surface area contributed by atoms with Crippen LogP contribution in [0.4, 0.5) is 4.39 Å². The molecule has 112 valence electrons. The third-order valence-corrected chi connectivity index (χ3v) is 3.72. The fraction of sp³-hybridized carbons (Fsp3) is 0.294. The zero-order valence-electron chi connectivity index (χ0n) is 12.2. The first-order valence-electron chi connectivity index (χ1n) is 6.96. The molecule has 0 saturated carbocycles. The van der Waals surface area contributed by atoms with E-state index < -0.39 is 0 Å². The van der Waals surface area contributed by atoms with Crippen LogP contribution in [0.3, 0.4) is 0 Å². The van der Waals surface area contributed by atoms with Gasteiger partial charge in [-0.3, -0.25) is 0 Å². The molecule has 2 aromatic rings. The Labute approximate surface area is 129 Å². The van der Waals surface area contributed by atoms with Crippen molar-refractivity contribution in [2.75, 3.05) is 13.7 Å². The molecule has 4 heteroatoms. The third-order valence-electron chi connectivity index (χ3n) is 3.41. The quantitative estimate of drug-likeness (QED) is 0.855. The molecule has 2 aromatic carbocycles. The minimum absolute atomic E-state index is 0.0121. The second-order valence-electron chi connectivity index (χ2n) is 4.80. The van der Waals surface area contributed by atoms with Crippen molar-refractivity contribution < 1.29 is 9.13 Å². The summed E-state index contributed by atoms with van der Waals surface area (Å²) in [6.07, 6.45) is 0.575. The van der Waals surface area contributed by atoms with Crippen molar-refractivity contribution in [3.63, 3.8) is 0 Å². The largest absolute Gasteiger partial charge is 0.495 e. The predicted octanol–water partition coefficient (Wildman–Crippen LogP) is 4.38. The minimum Gasteiger partial charge on any atom is -0.495 e. The number of likely N-dealkylation sites (N-methyl/N-ethyl adjacent to an activating group) is 1. The van der Waals surface area contributed by atoms with Gasteiger partial charge in [-0.1, -0.05) is 42.8 Å². The van der Waals surface area contributed by atoms with Gasteiger partial charge in [0.1, 0.15) is 11.6 Å². The van der Waals surface area contributed by atoms with Crippen molar-refractivity contribution >= 4 is 11.6 Å². The van der Waals surface area contributed by atoms with Crippen LogP contribution in [0.15, 0.2) is 42.5 Å². The van der Waals surface area contributed by atoms with Crippen molar-refractivity contribution in [3.05, 3.63) is 64.4 Å². The van der Waals surface area contributed by atoms with Crippen LogP contribution >= 0.6 is 11.6 Å². The van der Waals surface area contributed by atoms with Gasteiger partial charge in [-0.2, -0.15) is 0 Å². The summed E-state index contributed by atoms with van der Waals surface area (Å²) in [4.78, 5) is 0. The zero-order valence-corrected chi connectivity index (χ0v) is 13.0. The average molecular weight is 308 g/mol. The molecule has 0 saturated heterocycles. The van der Waals surface area contributed by atoms with Gasteiger partial charge in [-0.15, -0.1) is 0 Å². The van der Waals surface area contributed by atoms with E-state index in [1.165, 1.54) is 6.07 Å². The second kappa shape index (κ2) is 7.43. The van der Waals surface area contributed by atoms with E-state index in [1.54, 1.807) is 19.2 Å². The van der Waals surface area contributed by atoms with Crippen LogP contribution in [-0.4, -0.2) is 13.7 Å². The van der Waals surface area contributed by atoms with E-state index in [9.17, 15) is 4.39 Å². The highest BCUT2D eigenvalue weighted by Gasteiger charge is 2.15. The van der Waals surface area contributed by atoms with Crippen LogP contribution in [0, 0.1) is 5.82 Å². The average Bonchev–Trinajstić information content (AvgIpc) is 2.49. The molecule has 1 atom stereocenters. The summed E-state index contributed by atoms with van der Waals surface area (Å²) >= 11 is 6.06. The van der Waals surface area contributed by atoms with Gasteiger partial charge in [-0.25, -0.2) is 4.39 Å². The smallest absolute Gasteiger partial charge is 0.137 e. The summed E-state index contributed by atoms with van der Waals surface area (Å²) in [6.45, 7) is 2.82. The summed E-state index contributed by atoms with van der Waals surface area (Å²) in [7, 11) is 1.59. The SMILES string of the molecule is CCNC(Cc1ccccc1F)c1ccc(Cl)c(OC)c1. The Hall–Kier alpha value is -1.58. The van der Waals surface area contributed by atoms with Gasteiger partial charge in [0, 0.05) is 6.04 Å². The van der Waals surface area contributed by atoms with Gasteiger partial charge >= 0.3 is 0 Å². The fourth-order valence-corrected chi connectivity index (χ4v) is 2.53. The molecule has 0 amide bonds. The maximum absolute atomic E-state index is 13.8. The van der Waals surface area contributed by atoms with E-state index >= 15 is 0 Å². The van der Waals surface area contributed by atoms with Crippen LogP contribution < -0.4 is 10.1 Å². The first kappa shape index (κ1) is 15.8. The molecular weight excluding hydrogens is 289 g/mol. The van der Waals surface area contributed by atoms with Crippen molar-refractivity contribution in [3.8, 4) is 5.75 Å². The molecule has 0 bridgehead atoms. The number of methoxy groups -OCH3 is 1. The third kappa shape index (κ3) is 3.96. The lowest BCUT2D eigenvalue weighted by Crippen LogP contribution is -2.23. The molecular formula is C17H19ClFNO. The Morgan fingerprint density at radius 3 is 2.67 bits per heavy atom. The van der Waals surface area contributed by atoms with E-state index in [4.69, 9.17) is 16.3 Å². The topological polar surface area (TPSA) is 21.3 Å². The van der Waals surface area contributed by atoms with E-state index in [2.05, 4.69) is 5.32 Å². The number of nitrogens with one attached hydrogen (secondary N) is 1. The Kier molecular flexibility index (Phi) is 5.59. The van der Waals surface area contributed by atoms with E-state index in [-0.39, 0.29) is 11.9 Å². The first-order chi connectivity index (χ1) is 10.2. The van der Waals surface area contributed by atoms with Gasteiger partial charge in [0.2, 0.25) is 0 Å². The lowest BCUT2D eigenvalue weighted by molar-refractivity contribution is 0.413. The van der Waals surface area contributed by atoms with Crippen LogP contribution in [0.25, 0.3) is 0 Å². The minimum atomic E-state index is -0.179. The Morgan fingerprint density at radius 2 is 2.00 bits per heavy atom. The molecule has 2 rings (SSSR count). The normalized spacial score (nSPS) is 12.2. The predicted molar refractivity (Wildman–Crippen MR) is 84.5 cm³/mol. The molecule has 1 N–H and O–H groups in total. The van der Waals surface area contributed by atoms with Crippen molar-refractivity contribution in [2.45, 2.75) is 19.4 Å². The molecule has 0 spiro atoms. The first-order valence-corrected chi connectivity index (χ1v) is 7.33. The van der Waals surface area contributed by atoms with E-state index in [0.717, 1.165) is 12.1 Å². The molecule has 0 heterocycles. The molecule has 0 radical (unpaired) electrons. The molecule has 0 aliphatic carbocycles. The summed E-state index contributed by atoms with van der Waals surface area (Å²) in [5.74, 6) is 0.451. The number of ether oxygens (including phenoxy) is 1. The van der Waals surface area contributed by atoms with E-state index in [0.29, 0.717) is 22.8 Å². The molecule has 21 heavy (non-hydrogen) atoms. The number of hydrogen-bond acceptors (Lipinski definition) is 2. The van der Waals surface area contributed by atoms with Gasteiger partial charge in [0.15, 0.2) is 0 Å². The summed E-state index contributed by atoms with van der Waals surface area (Å²) < 4.78 is 19.1. The summed E-state index contributed by atoms with van der Waals surface area (Å²) in [5, 5.41) is 3.95. The number of benzene rings is 2. The highest BCUT2D eigenvalue weighted by atomic mass is 35.5. The maximum Gasteiger partial charge on any atom is 0.137 e. The van der Waals surface area contributed by atoms with Crippen LogP contribution in [0.1, 0.15) is 24.1 Å². The van der Waals surface area contributed by atoms with Gasteiger partial charge in [-0.05, 0) is 42.3 Å². The van der Waals surface area contributed by atoms with Crippen LogP contribution in [0.5, 0.6) is 5.75 Å². The highest BCUT2D eigenvalue weighted by Crippen LogP contribution is 2.29. The monoisotopic (exact) mass is 307 g/mol. The molecule has 1 unspecified atom stereocenters. The lowest BCUT2D eigenvalue weighted by Gasteiger charge is -2.20. The molecule has 0 aromatic heterocycles. The molecule has 0 aliphatic heterocycles. The Bertz CT molecular complexity index is 603. The lowest BCUT2D eigenvalue weighted by atomic mass is 9.98. The number of rotatable bonds is 6. The van der Waals surface area contributed by atoms with Gasteiger partial charge < -0.3 is 10.1 Å². The van der Waals surface area contributed by atoms with E-state index in [1.807, 2.05) is 31.2 Å². The zero-order chi connectivity index (χ0) is 15.2. The molecule has 0 aliphatic rings. The van der Waals surface area contributed by atoms with Crippen molar-refractivity contribution in [2.24, 2.45) is 0 Å². The van der Waals surface area contributed by atoms with Crippen molar-refractivity contribution in [1.29, 1.82) is 0 Å². The number of halogens is 2. The fourth-order valence-electron chi connectivity index (χ4n) is 2.33. The van der Waals surface area contributed by atoms with Gasteiger partial charge in [0.25, 0.3) is 0 Å². The summed E-state index contributed by atoms with van der Waals surface area (Å²) in [5.41, 5.74) is 1.72. The second-order valence-corrected chi connectivity index (χ2v) is 5.21. The Morgan fingerprint density at radius 1 is 1.24 bits per heavy atom. The maximum atomic E-state index is 13.8.